The molecule has 1 unspecified atom stereocenters. The van der Waals surface area contributed by atoms with E-state index in [4.69, 9.17) is 17.3 Å². The maximum absolute atomic E-state index is 13.1. The van der Waals surface area contributed by atoms with Crippen LogP contribution in [0.25, 0.3) is 0 Å². The predicted molar refractivity (Wildman–Crippen MR) is 70.1 cm³/mol. The second kappa shape index (κ2) is 4.43. The van der Waals surface area contributed by atoms with Crippen LogP contribution in [0.15, 0.2) is 23.2 Å². The molecule has 1 fully saturated rings. The summed E-state index contributed by atoms with van der Waals surface area (Å²) in [6, 6.07) is 4.57. The van der Waals surface area contributed by atoms with Gasteiger partial charge < -0.3 is 10.6 Å². The first-order valence-corrected chi connectivity index (χ1v) is 6.54. The number of nitrogens with two attached hydrogens (primary N) is 1. The number of hydrogen-bond acceptors (Lipinski definition) is 3. The molecule has 2 N–H and O–H groups in total. The molecule has 0 aromatic heterocycles. The lowest BCUT2D eigenvalue weighted by Crippen LogP contribution is -2.37. The fraction of sp³-hybridized carbons (Fsp3) is 0.462. The summed E-state index contributed by atoms with van der Waals surface area (Å²) in [6.07, 6.45) is 2.52. The van der Waals surface area contributed by atoms with Crippen molar-refractivity contribution in [3.63, 3.8) is 0 Å². The van der Waals surface area contributed by atoms with Gasteiger partial charge in [-0.3, -0.25) is 4.99 Å². The minimum Gasteiger partial charge on any atom is -0.370 e. The lowest BCUT2D eigenvalue weighted by Gasteiger charge is -2.27. The van der Waals surface area contributed by atoms with Crippen molar-refractivity contribution in [3.05, 3.63) is 34.6 Å². The molecule has 18 heavy (non-hydrogen) atoms. The Hall–Kier alpha value is -1.29. The number of rotatable bonds is 3. The summed E-state index contributed by atoms with van der Waals surface area (Å²) in [6.45, 7) is 1.53. The standard InChI is InChI=1S/C13H15ClFN3/c14-11-5-9(15)3-4-10(11)12-6-17-13(16)18(12)7-8-1-2-8/h3-5,8,12H,1-2,6-7H2,(H2,16,17). The molecular weight excluding hydrogens is 253 g/mol. The number of nitrogens with zero attached hydrogens (tertiary/aromatic N) is 2. The number of guanidine groups is 1. The maximum Gasteiger partial charge on any atom is 0.191 e. The Balaban J connectivity index is 1.85. The van der Waals surface area contributed by atoms with Crippen LogP contribution in [-0.2, 0) is 0 Å². The molecule has 0 amide bonds. The molecule has 1 aliphatic heterocycles. The largest absolute Gasteiger partial charge is 0.370 e. The Morgan fingerprint density at radius 3 is 2.89 bits per heavy atom. The fourth-order valence-electron chi connectivity index (χ4n) is 2.37. The van der Waals surface area contributed by atoms with E-state index in [0.717, 1.165) is 18.0 Å². The van der Waals surface area contributed by atoms with Gasteiger partial charge in [0.2, 0.25) is 0 Å². The number of benzene rings is 1. The molecule has 3 nitrogen and oxygen atoms in total. The van der Waals surface area contributed by atoms with Gasteiger partial charge in [0.1, 0.15) is 5.82 Å². The minimum atomic E-state index is -0.315. The van der Waals surface area contributed by atoms with Crippen molar-refractivity contribution in [2.75, 3.05) is 13.1 Å². The van der Waals surface area contributed by atoms with Crippen LogP contribution in [0.2, 0.25) is 5.02 Å². The summed E-state index contributed by atoms with van der Waals surface area (Å²) in [5.74, 6) is 0.982. The van der Waals surface area contributed by atoms with Crippen molar-refractivity contribution in [3.8, 4) is 0 Å². The molecule has 3 rings (SSSR count). The molecule has 96 valence electrons. The quantitative estimate of drug-likeness (QED) is 0.915. The second-order valence-electron chi connectivity index (χ2n) is 4.98. The second-order valence-corrected chi connectivity index (χ2v) is 5.38. The average Bonchev–Trinajstić information content (AvgIpc) is 3.06. The number of hydrogen-bond donors (Lipinski definition) is 1. The van der Waals surface area contributed by atoms with Crippen molar-refractivity contribution in [1.29, 1.82) is 0 Å². The first-order chi connectivity index (χ1) is 8.65. The van der Waals surface area contributed by atoms with Gasteiger partial charge in [0.15, 0.2) is 5.96 Å². The molecule has 0 bridgehead atoms. The van der Waals surface area contributed by atoms with Gasteiger partial charge in [-0.25, -0.2) is 4.39 Å². The van der Waals surface area contributed by atoms with Crippen molar-refractivity contribution in [2.24, 2.45) is 16.6 Å². The molecule has 5 heteroatoms. The summed E-state index contributed by atoms with van der Waals surface area (Å²) in [7, 11) is 0. The Labute approximate surface area is 110 Å². The highest BCUT2D eigenvalue weighted by atomic mass is 35.5. The van der Waals surface area contributed by atoms with Crippen molar-refractivity contribution >= 4 is 17.6 Å². The molecule has 2 aliphatic rings. The first-order valence-electron chi connectivity index (χ1n) is 6.16. The zero-order chi connectivity index (χ0) is 12.7. The van der Waals surface area contributed by atoms with Gasteiger partial charge in [-0.15, -0.1) is 0 Å². The minimum absolute atomic E-state index is 0.0544. The van der Waals surface area contributed by atoms with Crippen LogP contribution in [0.5, 0.6) is 0 Å². The summed E-state index contributed by atoms with van der Waals surface area (Å²) < 4.78 is 13.1. The van der Waals surface area contributed by atoms with E-state index in [2.05, 4.69) is 9.89 Å². The lowest BCUT2D eigenvalue weighted by atomic mass is 10.1. The molecule has 1 aromatic carbocycles. The van der Waals surface area contributed by atoms with Crippen LogP contribution in [0.4, 0.5) is 4.39 Å². The van der Waals surface area contributed by atoms with Gasteiger partial charge in [-0.05, 0) is 36.5 Å². The van der Waals surface area contributed by atoms with E-state index in [9.17, 15) is 4.39 Å². The third-order valence-corrected chi connectivity index (χ3v) is 3.90. The molecule has 1 atom stereocenters. The van der Waals surface area contributed by atoms with E-state index < -0.39 is 0 Å². The summed E-state index contributed by atoms with van der Waals surface area (Å²) in [5, 5.41) is 0.450. The Morgan fingerprint density at radius 2 is 2.22 bits per heavy atom. The van der Waals surface area contributed by atoms with E-state index in [-0.39, 0.29) is 11.9 Å². The zero-order valence-electron chi connectivity index (χ0n) is 9.94. The fourth-order valence-corrected chi connectivity index (χ4v) is 2.66. The molecule has 1 aromatic rings. The van der Waals surface area contributed by atoms with Crippen LogP contribution in [0.1, 0.15) is 24.4 Å². The molecule has 0 saturated heterocycles. The van der Waals surface area contributed by atoms with Gasteiger partial charge >= 0.3 is 0 Å². The predicted octanol–water partition coefficient (Wildman–Crippen LogP) is 2.56. The molecule has 1 aliphatic carbocycles. The van der Waals surface area contributed by atoms with Crippen molar-refractivity contribution in [1.82, 2.24) is 4.90 Å². The van der Waals surface area contributed by atoms with Crippen molar-refractivity contribution in [2.45, 2.75) is 18.9 Å². The van der Waals surface area contributed by atoms with Crippen LogP contribution in [-0.4, -0.2) is 23.9 Å². The molecule has 1 heterocycles. The van der Waals surface area contributed by atoms with E-state index in [1.807, 2.05) is 0 Å². The van der Waals surface area contributed by atoms with Gasteiger partial charge in [0.05, 0.1) is 12.6 Å². The average molecular weight is 268 g/mol. The highest BCUT2D eigenvalue weighted by Gasteiger charge is 2.33. The number of halogens is 2. The molecule has 0 radical (unpaired) electrons. The molecule has 1 saturated carbocycles. The summed E-state index contributed by atoms with van der Waals surface area (Å²) in [4.78, 5) is 6.38. The monoisotopic (exact) mass is 267 g/mol. The van der Waals surface area contributed by atoms with Crippen LogP contribution < -0.4 is 5.73 Å². The van der Waals surface area contributed by atoms with Crippen molar-refractivity contribution < 1.29 is 4.39 Å². The SMILES string of the molecule is NC1=NCC(c2ccc(F)cc2Cl)N1CC1CC1. The molecular formula is C13H15ClFN3. The summed E-state index contributed by atoms with van der Waals surface area (Å²) in [5.41, 5.74) is 6.83. The van der Waals surface area contributed by atoms with E-state index in [1.165, 1.54) is 25.0 Å². The van der Waals surface area contributed by atoms with E-state index >= 15 is 0 Å². The smallest absolute Gasteiger partial charge is 0.191 e. The normalized spacial score (nSPS) is 23.3. The topological polar surface area (TPSA) is 41.6 Å². The van der Waals surface area contributed by atoms with Gasteiger partial charge in [0.25, 0.3) is 0 Å². The summed E-state index contributed by atoms with van der Waals surface area (Å²) >= 11 is 6.12. The lowest BCUT2D eigenvalue weighted by molar-refractivity contribution is 0.333. The zero-order valence-corrected chi connectivity index (χ0v) is 10.7. The molecule has 0 spiro atoms. The Morgan fingerprint density at radius 1 is 1.44 bits per heavy atom. The Bertz CT molecular complexity index is 499. The highest BCUT2D eigenvalue weighted by Crippen LogP contribution is 2.36. The highest BCUT2D eigenvalue weighted by molar-refractivity contribution is 6.31. The first kappa shape index (κ1) is 11.8. The van der Waals surface area contributed by atoms with Crippen LogP contribution in [0.3, 0.4) is 0 Å². The van der Waals surface area contributed by atoms with Crippen LogP contribution in [0, 0.1) is 11.7 Å². The Kier molecular flexibility index (Phi) is 2.90. The van der Waals surface area contributed by atoms with E-state index in [1.54, 1.807) is 6.07 Å². The number of aliphatic imine (C=N–C) groups is 1. The van der Waals surface area contributed by atoms with Crippen LogP contribution >= 0.6 is 11.6 Å². The van der Waals surface area contributed by atoms with E-state index in [0.29, 0.717) is 17.5 Å². The van der Waals surface area contributed by atoms with Gasteiger partial charge in [-0.1, -0.05) is 17.7 Å². The third-order valence-electron chi connectivity index (χ3n) is 3.57. The maximum atomic E-state index is 13.1. The third kappa shape index (κ3) is 2.17. The van der Waals surface area contributed by atoms with Gasteiger partial charge in [-0.2, -0.15) is 0 Å². The van der Waals surface area contributed by atoms with Gasteiger partial charge in [0, 0.05) is 11.6 Å².